The molecular formula is C64H110O6. The molecule has 6 nitrogen and oxygen atoms in total. The lowest BCUT2D eigenvalue weighted by Crippen LogP contribution is -2.30. The van der Waals surface area contributed by atoms with Crippen LogP contribution >= 0.6 is 0 Å². The van der Waals surface area contributed by atoms with Gasteiger partial charge in [0.05, 0.1) is 6.42 Å². The Hall–Kier alpha value is -3.41. The van der Waals surface area contributed by atoms with Crippen molar-refractivity contribution in [3.8, 4) is 0 Å². The number of esters is 3. The van der Waals surface area contributed by atoms with E-state index in [4.69, 9.17) is 14.2 Å². The summed E-state index contributed by atoms with van der Waals surface area (Å²) in [6.07, 6.45) is 76.0. The Kier molecular flexibility index (Phi) is 55.3. The number of hydrogen-bond donors (Lipinski definition) is 0. The summed E-state index contributed by atoms with van der Waals surface area (Å²) in [5.74, 6) is -1.04. The first-order valence-corrected chi connectivity index (χ1v) is 29.6. The van der Waals surface area contributed by atoms with Gasteiger partial charge in [-0.05, 0) is 77.0 Å². The van der Waals surface area contributed by atoms with Crippen LogP contribution in [0.5, 0.6) is 0 Å². The maximum absolute atomic E-state index is 12.9. The fourth-order valence-corrected chi connectivity index (χ4v) is 8.25. The van der Waals surface area contributed by atoms with E-state index in [0.29, 0.717) is 12.8 Å². The highest BCUT2D eigenvalue weighted by atomic mass is 16.6. The van der Waals surface area contributed by atoms with E-state index in [1.807, 2.05) is 6.08 Å². The second kappa shape index (κ2) is 58.2. The van der Waals surface area contributed by atoms with Crippen molar-refractivity contribution in [3.05, 3.63) is 85.1 Å². The van der Waals surface area contributed by atoms with Crippen molar-refractivity contribution in [1.29, 1.82) is 0 Å². The molecule has 0 aliphatic heterocycles. The zero-order chi connectivity index (χ0) is 50.7. The summed E-state index contributed by atoms with van der Waals surface area (Å²) in [6.45, 7) is 6.45. The molecule has 0 spiro atoms. The molecule has 1 unspecified atom stereocenters. The highest BCUT2D eigenvalue weighted by Crippen LogP contribution is 2.16. The molecule has 6 heteroatoms. The van der Waals surface area contributed by atoms with Gasteiger partial charge in [0.2, 0.25) is 0 Å². The zero-order valence-electron chi connectivity index (χ0n) is 46.0. The summed E-state index contributed by atoms with van der Waals surface area (Å²) in [7, 11) is 0. The quantitative estimate of drug-likeness (QED) is 0.0261. The van der Waals surface area contributed by atoms with E-state index in [1.54, 1.807) is 6.08 Å². The van der Waals surface area contributed by atoms with Crippen molar-refractivity contribution in [2.45, 2.75) is 290 Å². The van der Waals surface area contributed by atoms with Crippen molar-refractivity contribution in [2.24, 2.45) is 0 Å². The number of carbonyl (C=O) groups excluding carboxylic acids is 3. The SMILES string of the molecule is CC/C=C\C/C=C\C/C=C\C/C=C\C/C=C\CC(=O)OCC(COC(=O)CCCCCCCCCCC/C=C\C/C=C\CCCCCCC)OC(=O)CCCCCCCCCCCCCCCCCC. The maximum Gasteiger partial charge on any atom is 0.309 e. The van der Waals surface area contributed by atoms with Crippen molar-refractivity contribution in [3.63, 3.8) is 0 Å². The normalized spacial score (nSPS) is 12.7. The lowest BCUT2D eigenvalue weighted by Gasteiger charge is -2.18. The Morgan fingerprint density at radius 3 is 1.00 bits per heavy atom. The molecule has 0 aliphatic rings. The minimum Gasteiger partial charge on any atom is -0.462 e. The van der Waals surface area contributed by atoms with Gasteiger partial charge in [0.1, 0.15) is 13.2 Å². The smallest absolute Gasteiger partial charge is 0.309 e. The molecule has 402 valence electrons. The molecule has 0 bridgehead atoms. The van der Waals surface area contributed by atoms with E-state index in [-0.39, 0.29) is 31.6 Å². The van der Waals surface area contributed by atoms with E-state index in [1.165, 1.54) is 167 Å². The predicted molar refractivity (Wildman–Crippen MR) is 302 cm³/mol. The fraction of sp³-hybridized carbons (Fsp3) is 0.734. The first kappa shape index (κ1) is 66.6. The molecule has 0 heterocycles. The summed E-state index contributed by atoms with van der Waals surface area (Å²) in [5.41, 5.74) is 0. The van der Waals surface area contributed by atoms with Gasteiger partial charge < -0.3 is 14.2 Å². The van der Waals surface area contributed by atoms with Crippen LogP contribution in [0, 0.1) is 0 Å². The van der Waals surface area contributed by atoms with Crippen LogP contribution in [-0.4, -0.2) is 37.2 Å². The number of unbranched alkanes of at least 4 members (excludes halogenated alkanes) is 29. The van der Waals surface area contributed by atoms with Crippen molar-refractivity contribution in [1.82, 2.24) is 0 Å². The molecule has 0 saturated heterocycles. The predicted octanol–water partition coefficient (Wildman–Crippen LogP) is 19.9. The summed E-state index contributed by atoms with van der Waals surface area (Å²) in [5, 5.41) is 0. The minimum atomic E-state index is -0.817. The van der Waals surface area contributed by atoms with Crippen molar-refractivity contribution in [2.75, 3.05) is 13.2 Å². The van der Waals surface area contributed by atoms with E-state index in [0.717, 1.165) is 77.0 Å². The van der Waals surface area contributed by atoms with Crippen molar-refractivity contribution < 1.29 is 28.6 Å². The van der Waals surface area contributed by atoms with Gasteiger partial charge in [-0.1, -0.05) is 273 Å². The Labute approximate surface area is 433 Å². The van der Waals surface area contributed by atoms with Crippen LogP contribution in [0.15, 0.2) is 85.1 Å². The van der Waals surface area contributed by atoms with E-state index in [2.05, 4.69) is 93.7 Å². The Morgan fingerprint density at radius 2 is 0.614 bits per heavy atom. The molecule has 0 aromatic carbocycles. The maximum atomic E-state index is 12.9. The monoisotopic (exact) mass is 975 g/mol. The molecule has 0 aliphatic carbocycles. The standard InChI is InChI=1S/C64H110O6/c1-4-7-10-13-16-19-22-25-28-30-31-32-33-34-37-39-42-45-48-51-54-57-63(66)69-60-61(59-68-62(65)56-53-50-47-44-41-38-35-27-24-21-18-15-12-9-6-3)70-64(67)58-55-52-49-46-43-40-36-29-26-23-20-17-14-11-8-5-2/h9,12,18,21-22,25,27,30-31,35,41,44,50,53,61H,4-8,10-11,13-17,19-20,23-24,26,28-29,32-34,36-40,42-43,45-49,51-52,54-60H2,1-3H3/b12-9-,21-18-,25-22-,31-30-,35-27-,44-41-,53-50-. The average Bonchev–Trinajstić information content (AvgIpc) is 3.36. The Balaban J connectivity index is 4.44. The van der Waals surface area contributed by atoms with E-state index in [9.17, 15) is 14.4 Å². The molecule has 0 amide bonds. The lowest BCUT2D eigenvalue weighted by molar-refractivity contribution is -0.166. The number of hydrogen-bond acceptors (Lipinski definition) is 6. The molecule has 0 rings (SSSR count). The van der Waals surface area contributed by atoms with Gasteiger partial charge >= 0.3 is 17.9 Å². The highest BCUT2D eigenvalue weighted by molar-refractivity contribution is 5.72. The number of allylic oxidation sites excluding steroid dienone is 13. The summed E-state index contributed by atoms with van der Waals surface area (Å²) in [4.78, 5) is 38.1. The van der Waals surface area contributed by atoms with Gasteiger partial charge in [0.25, 0.3) is 0 Å². The van der Waals surface area contributed by atoms with Crippen LogP contribution in [0.4, 0.5) is 0 Å². The van der Waals surface area contributed by atoms with E-state index < -0.39 is 12.1 Å². The van der Waals surface area contributed by atoms with Crippen LogP contribution in [0.2, 0.25) is 0 Å². The summed E-state index contributed by atoms with van der Waals surface area (Å²) >= 11 is 0. The van der Waals surface area contributed by atoms with E-state index >= 15 is 0 Å². The van der Waals surface area contributed by atoms with Crippen molar-refractivity contribution >= 4 is 17.9 Å². The molecule has 0 saturated carbocycles. The van der Waals surface area contributed by atoms with Crippen LogP contribution in [0.1, 0.15) is 284 Å². The number of ether oxygens (including phenoxy) is 3. The van der Waals surface area contributed by atoms with Gasteiger partial charge in [-0.25, -0.2) is 0 Å². The summed E-state index contributed by atoms with van der Waals surface area (Å²) < 4.78 is 16.8. The number of carbonyl (C=O) groups is 3. The van der Waals surface area contributed by atoms with Crippen LogP contribution in [0.3, 0.4) is 0 Å². The molecule has 0 aromatic heterocycles. The molecule has 0 fully saturated rings. The first-order chi connectivity index (χ1) is 34.5. The van der Waals surface area contributed by atoms with Gasteiger partial charge in [0.15, 0.2) is 6.10 Å². The molecule has 0 N–H and O–H groups in total. The Morgan fingerprint density at radius 1 is 0.314 bits per heavy atom. The third-order valence-electron chi connectivity index (χ3n) is 12.7. The highest BCUT2D eigenvalue weighted by Gasteiger charge is 2.19. The first-order valence-electron chi connectivity index (χ1n) is 29.6. The van der Waals surface area contributed by atoms with Crippen LogP contribution in [-0.2, 0) is 28.6 Å². The Bertz CT molecular complexity index is 1350. The number of rotatable bonds is 53. The average molecular weight is 976 g/mol. The molecule has 70 heavy (non-hydrogen) atoms. The van der Waals surface area contributed by atoms with Crippen LogP contribution in [0.25, 0.3) is 0 Å². The second-order valence-corrected chi connectivity index (χ2v) is 19.5. The minimum absolute atomic E-state index is 0.107. The van der Waals surface area contributed by atoms with Gasteiger partial charge in [-0.15, -0.1) is 0 Å². The lowest BCUT2D eigenvalue weighted by atomic mass is 10.0. The molecule has 0 radical (unpaired) electrons. The zero-order valence-corrected chi connectivity index (χ0v) is 46.0. The van der Waals surface area contributed by atoms with Crippen LogP contribution < -0.4 is 0 Å². The fourth-order valence-electron chi connectivity index (χ4n) is 8.25. The van der Waals surface area contributed by atoms with Gasteiger partial charge in [-0.3, -0.25) is 14.4 Å². The van der Waals surface area contributed by atoms with Gasteiger partial charge in [0, 0.05) is 12.8 Å². The third kappa shape index (κ3) is 55.5. The summed E-state index contributed by atoms with van der Waals surface area (Å²) in [6, 6.07) is 0. The third-order valence-corrected chi connectivity index (χ3v) is 12.7. The van der Waals surface area contributed by atoms with Gasteiger partial charge in [-0.2, -0.15) is 0 Å². The largest absolute Gasteiger partial charge is 0.462 e. The molecule has 0 aromatic rings. The molecular weight excluding hydrogens is 865 g/mol. The molecule has 1 atom stereocenters. The second-order valence-electron chi connectivity index (χ2n) is 19.5. The topological polar surface area (TPSA) is 78.9 Å².